The summed E-state index contributed by atoms with van der Waals surface area (Å²) in [6.07, 6.45) is 1.70. The van der Waals surface area contributed by atoms with Crippen LogP contribution in [0.1, 0.15) is 11.3 Å². The molecule has 0 unspecified atom stereocenters. The van der Waals surface area contributed by atoms with E-state index in [0.717, 1.165) is 16.1 Å². The fourth-order valence-corrected chi connectivity index (χ4v) is 3.91. The minimum absolute atomic E-state index is 0.111. The number of aromatic nitrogens is 2. The van der Waals surface area contributed by atoms with Gasteiger partial charge in [-0.3, -0.25) is 9.20 Å². The van der Waals surface area contributed by atoms with Crippen molar-refractivity contribution in [3.63, 3.8) is 0 Å². The summed E-state index contributed by atoms with van der Waals surface area (Å²) in [7, 11) is 0. The molecule has 2 amide bonds. The Morgan fingerprint density at radius 3 is 2.50 bits per heavy atom. The second kappa shape index (κ2) is 8.84. The second-order valence-electron chi connectivity index (χ2n) is 6.69. The summed E-state index contributed by atoms with van der Waals surface area (Å²) in [4.78, 5) is 30.2. The molecule has 0 aliphatic heterocycles. The SMILES string of the molecule is Cc1ccccc1NC(=O)Nc1ccccc1SCc1cc(=O)n2ccccc2n1. The van der Waals surface area contributed by atoms with Crippen molar-refractivity contribution in [2.45, 2.75) is 17.6 Å². The molecule has 2 N–H and O–H groups in total. The van der Waals surface area contributed by atoms with Crippen LogP contribution in [0, 0.1) is 6.92 Å². The van der Waals surface area contributed by atoms with Gasteiger partial charge in [-0.05, 0) is 42.8 Å². The number of nitrogens with zero attached hydrogens (tertiary/aromatic N) is 2. The molecule has 0 fully saturated rings. The smallest absolute Gasteiger partial charge is 0.307 e. The Morgan fingerprint density at radius 2 is 1.67 bits per heavy atom. The van der Waals surface area contributed by atoms with E-state index in [9.17, 15) is 9.59 Å². The maximum absolute atomic E-state index is 12.5. The molecule has 0 bridgehead atoms. The highest BCUT2D eigenvalue weighted by Crippen LogP contribution is 2.29. The summed E-state index contributed by atoms with van der Waals surface area (Å²) in [6.45, 7) is 1.94. The van der Waals surface area contributed by atoms with Crippen molar-refractivity contribution in [3.8, 4) is 0 Å². The van der Waals surface area contributed by atoms with Crippen LogP contribution in [0.25, 0.3) is 5.65 Å². The number of nitrogens with one attached hydrogen (secondary N) is 2. The monoisotopic (exact) mass is 416 g/mol. The van der Waals surface area contributed by atoms with Crippen LogP contribution in [-0.2, 0) is 5.75 Å². The van der Waals surface area contributed by atoms with Crippen LogP contribution in [0.15, 0.2) is 88.7 Å². The van der Waals surface area contributed by atoms with Gasteiger partial charge in [-0.25, -0.2) is 9.78 Å². The number of pyridine rings is 1. The highest BCUT2D eigenvalue weighted by Gasteiger charge is 2.10. The minimum Gasteiger partial charge on any atom is -0.307 e. The third-order valence-corrected chi connectivity index (χ3v) is 5.64. The molecule has 7 heteroatoms. The van der Waals surface area contributed by atoms with Crippen molar-refractivity contribution >= 4 is 34.8 Å². The van der Waals surface area contributed by atoms with Crippen molar-refractivity contribution in [2.24, 2.45) is 0 Å². The van der Waals surface area contributed by atoms with E-state index in [1.165, 1.54) is 16.2 Å². The van der Waals surface area contributed by atoms with Gasteiger partial charge in [0.05, 0.1) is 11.4 Å². The van der Waals surface area contributed by atoms with Gasteiger partial charge >= 0.3 is 6.03 Å². The first-order valence-corrected chi connectivity index (χ1v) is 10.4. The minimum atomic E-state index is -0.306. The molecule has 6 nitrogen and oxygen atoms in total. The van der Waals surface area contributed by atoms with E-state index < -0.39 is 0 Å². The van der Waals surface area contributed by atoms with Crippen LogP contribution in [0.2, 0.25) is 0 Å². The molecule has 0 saturated carbocycles. The fourth-order valence-electron chi connectivity index (χ4n) is 3.01. The van der Waals surface area contributed by atoms with Gasteiger partial charge in [0.25, 0.3) is 5.56 Å². The Balaban J connectivity index is 1.48. The lowest BCUT2D eigenvalue weighted by molar-refractivity contribution is 0.262. The number of para-hydroxylation sites is 2. The first kappa shape index (κ1) is 19.7. The van der Waals surface area contributed by atoms with E-state index in [1.807, 2.05) is 61.5 Å². The lowest BCUT2D eigenvalue weighted by Crippen LogP contribution is -2.20. The number of carbonyl (C=O) groups is 1. The molecule has 2 aromatic heterocycles. The number of thioether (sulfide) groups is 1. The number of anilines is 2. The largest absolute Gasteiger partial charge is 0.323 e. The Morgan fingerprint density at radius 1 is 0.967 bits per heavy atom. The number of hydrogen-bond donors (Lipinski definition) is 2. The van der Waals surface area contributed by atoms with Gasteiger partial charge < -0.3 is 10.6 Å². The highest BCUT2D eigenvalue weighted by atomic mass is 32.2. The molecule has 4 rings (SSSR count). The van der Waals surface area contributed by atoms with Gasteiger partial charge in [0.15, 0.2) is 0 Å². The normalized spacial score (nSPS) is 10.7. The third-order valence-electron chi connectivity index (χ3n) is 4.53. The standard InChI is InChI=1S/C23H20N4O2S/c1-16-8-2-3-9-18(16)25-23(29)26-19-10-4-5-11-20(19)30-15-17-14-22(28)27-13-7-6-12-21(27)24-17/h2-14H,15H2,1H3,(H2,25,26,29). The van der Waals surface area contributed by atoms with Gasteiger partial charge in [0, 0.05) is 28.6 Å². The quantitative estimate of drug-likeness (QED) is 0.452. The molecular formula is C23H20N4O2S. The van der Waals surface area contributed by atoms with E-state index in [1.54, 1.807) is 24.4 Å². The summed E-state index contributed by atoms with van der Waals surface area (Å²) in [5, 5.41) is 5.78. The summed E-state index contributed by atoms with van der Waals surface area (Å²) < 4.78 is 1.51. The van der Waals surface area contributed by atoms with Crippen molar-refractivity contribution in [1.29, 1.82) is 0 Å². The molecule has 2 heterocycles. The predicted molar refractivity (Wildman–Crippen MR) is 121 cm³/mol. The zero-order valence-electron chi connectivity index (χ0n) is 16.3. The van der Waals surface area contributed by atoms with Crippen molar-refractivity contribution in [3.05, 3.63) is 101 Å². The molecule has 150 valence electrons. The Hall–Kier alpha value is -3.58. The molecule has 0 radical (unpaired) electrons. The zero-order valence-corrected chi connectivity index (χ0v) is 17.1. The zero-order chi connectivity index (χ0) is 20.9. The summed E-state index contributed by atoms with van der Waals surface area (Å²) >= 11 is 1.52. The summed E-state index contributed by atoms with van der Waals surface area (Å²) in [5.74, 6) is 0.513. The molecular weight excluding hydrogens is 396 g/mol. The summed E-state index contributed by atoms with van der Waals surface area (Å²) in [6, 6.07) is 21.9. The van der Waals surface area contributed by atoms with Crippen LogP contribution in [-0.4, -0.2) is 15.4 Å². The van der Waals surface area contributed by atoms with Gasteiger partial charge in [-0.1, -0.05) is 36.4 Å². The average Bonchev–Trinajstić information content (AvgIpc) is 2.75. The topological polar surface area (TPSA) is 75.5 Å². The summed E-state index contributed by atoms with van der Waals surface area (Å²) in [5.41, 5.74) is 3.65. The lowest BCUT2D eigenvalue weighted by Gasteiger charge is -2.13. The van der Waals surface area contributed by atoms with Crippen LogP contribution in [0.3, 0.4) is 0 Å². The van der Waals surface area contributed by atoms with E-state index in [0.29, 0.717) is 22.8 Å². The average molecular weight is 417 g/mol. The first-order valence-electron chi connectivity index (χ1n) is 9.43. The molecule has 30 heavy (non-hydrogen) atoms. The lowest BCUT2D eigenvalue weighted by atomic mass is 10.2. The van der Waals surface area contributed by atoms with Gasteiger partial charge in [0.1, 0.15) is 5.65 Å². The van der Waals surface area contributed by atoms with E-state index in [2.05, 4.69) is 15.6 Å². The second-order valence-corrected chi connectivity index (χ2v) is 7.71. The molecule has 2 aromatic carbocycles. The van der Waals surface area contributed by atoms with E-state index in [4.69, 9.17) is 0 Å². The van der Waals surface area contributed by atoms with E-state index in [-0.39, 0.29) is 11.6 Å². The van der Waals surface area contributed by atoms with Crippen LogP contribution in [0.4, 0.5) is 16.2 Å². The molecule has 4 aromatic rings. The number of fused-ring (bicyclic) bond motifs is 1. The first-order chi connectivity index (χ1) is 14.6. The fraction of sp³-hybridized carbons (Fsp3) is 0.0870. The van der Waals surface area contributed by atoms with Crippen LogP contribution < -0.4 is 16.2 Å². The number of amides is 2. The Labute approximate surface area is 178 Å². The van der Waals surface area contributed by atoms with Crippen molar-refractivity contribution in [1.82, 2.24) is 9.38 Å². The number of carbonyl (C=O) groups excluding carboxylic acids is 1. The van der Waals surface area contributed by atoms with Crippen molar-refractivity contribution in [2.75, 3.05) is 10.6 Å². The predicted octanol–water partition coefficient (Wildman–Crippen LogP) is 4.94. The molecule has 0 saturated heterocycles. The number of aryl methyl sites for hydroxylation is 1. The molecule has 0 aliphatic carbocycles. The molecule has 0 spiro atoms. The Bertz CT molecular complexity index is 1270. The van der Waals surface area contributed by atoms with Crippen LogP contribution in [0.5, 0.6) is 0 Å². The van der Waals surface area contributed by atoms with Gasteiger partial charge in [0.2, 0.25) is 0 Å². The maximum atomic E-state index is 12.5. The molecule has 0 aliphatic rings. The number of rotatable bonds is 5. The van der Waals surface area contributed by atoms with Gasteiger partial charge in [-0.2, -0.15) is 0 Å². The highest BCUT2D eigenvalue weighted by molar-refractivity contribution is 7.98. The van der Waals surface area contributed by atoms with Gasteiger partial charge in [-0.15, -0.1) is 11.8 Å². The third kappa shape index (κ3) is 4.52. The maximum Gasteiger partial charge on any atom is 0.323 e. The van der Waals surface area contributed by atoms with Crippen molar-refractivity contribution < 1.29 is 4.79 Å². The number of hydrogen-bond acceptors (Lipinski definition) is 4. The molecule has 0 atom stereocenters. The number of benzene rings is 2. The van der Waals surface area contributed by atoms with Crippen LogP contribution >= 0.6 is 11.8 Å². The van der Waals surface area contributed by atoms with E-state index >= 15 is 0 Å². The number of urea groups is 1. The Kier molecular flexibility index (Phi) is 5.81.